The van der Waals surface area contributed by atoms with Crippen LogP contribution in [0, 0.1) is 20.8 Å². The standard InChI is InChI=1S/C26H24ClN3O3S/c1-5-33-26(32)19-15(4)29-25-21(20(19)16-8-10-17(27)11-9-16)22(28)23(34-25)24(31)30-18-12-13(2)6-7-14(18)3/h6-12H,5,28H2,1-4H3,(H,30,31). The number of fused-ring (bicyclic) bond motifs is 1. The van der Waals surface area contributed by atoms with Gasteiger partial charge in [-0.2, -0.15) is 0 Å². The quantitative estimate of drug-likeness (QED) is 0.307. The van der Waals surface area contributed by atoms with E-state index in [4.69, 9.17) is 22.1 Å². The van der Waals surface area contributed by atoms with Crippen LogP contribution in [-0.2, 0) is 4.74 Å². The fourth-order valence-electron chi connectivity index (χ4n) is 3.84. The number of nitrogens with zero attached hydrogens (tertiary/aromatic N) is 1. The molecule has 2 heterocycles. The summed E-state index contributed by atoms with van der Waals surface area (Å²) < 4.78 is 5.32. The zero-order chi connectivity index (χ0) is 24.6. The number of amides is 1. The third-order valence-electron chi connectivity index (χ3n) is 5.52. The number of carbonyl (C=O) groups excluding carboxylic acids is 2. The molecule has 0 spiro atoms. The number of aryl methyl sites for hydroxylation is 3. The smallest absolute Gasteiger partial charge is 0.340 e. The first-order valence-electron chi connectivity index (χ1n) is 10.8. The van der Waals surface area contributed by atoms with E-state index in [-0.39, 0.29) is 18.2 Å². The van der Waals surface area contributed by atoms with Gasteiger partial charge in [0.1, 0.15) is 9.71 Å². The van der Waals surface area contributed by atoms with Crippen LogP contribution in [0.4, 0.5) is 11.4 Å². The van der Waals surface area contributed by atoms with Gasteiger partial charge < -0.3 is 15.8 Å². The minimum atomic E-state index is -0.494. The number of ether oxygens (including phenoxy) is 1. The lowest BCUT2D eigenvalue weighted by atomic mass is 9.95. The van der Waals surface area contributed by atoms with Crippen LogP contribution in [0.5, 0.6) is 0 Å². The molecule has 6 nitrogen and oxygen atoms in total. The maximum atomic E-state index is 13.2. The van der Waals surface area contributed by atoms with Crippen molar-refractivity contribution in [3.05, 3.63) is 74.7 Å². The molecule has 0 fully saturated rings. The summed E-state index contributed by atoms with van der Waals surface area (Å²) in [6, 6.07) is 13.0. The van der Waals surface area contributed by atoms with Crippen molar-refractivity contribution in [2.24, 2.45) is 0 Å². The highest BCUT2D eigenvalue weighted by Gasteiger charge is 2.27. The van der Waals surface area contributed by atoms with Gasteiger partial charge in [0.2, 0.25) is 0 Å². The summed E-state index contributed by atoms with van der Waals surface area (Å²) in [5.74, 6) is -0.821. The fourth-order valence-corrected chi connectivity index (χ4v) is 5.01. The molecule has 34 heavy (non-hydrogen) atoms. The van der Waals surface area contributed by atoms with Crippen molar-refractivity contribution in [1.29, 1.82) is 0 Å². The van der Waals surface area contributed by atoms with Crippen molar-refractivity contribution in [3.63, 3.8) is 0 Å². The number of pyridine rings is 1. The summed E-state index contributed by atoms with van der Waals surface area (Å²) in [7, 11) is 0. The monoisotopic (exact) mass is 493 g/mol. The lowest BCUT2D eigenvalue weighted by Crippen LogP contribution is -2.13. The van der Waals surface area contributed by atoms with Gasteiger partial charge in [-0.15, -0.1) is 11.3 Å². The number of esters is 1. The number of aromatic nitrogens is 1. The van der Waals surface area contributed by atoms with E-state index in [1.54, 1.807) is 26.0 Å². The Bertz CT molecular complexity index is 1430. The van der Waals surface area contributed by atoms with Gasteiger partial charge in [-0.1, -0.05) is 35.9 Å². The van der Waals surface area contributed by atoms with E-state index in [0.717, 1.165) is 22.4 Å². The van der Waals surface area contributed by atoms with E-state index in [2.05, 4.69) is 10.3 Å². The van der Waals surface area contributed by atoms with Crippen LogP contribution in [0.25, 0.3) is 21.3 Å². The molecule has 0 saturated carbocycles. The normalized spacial score (nSPS) is 11.0. The summed E-state index contributed by atoms with van der Waals surface area (Å²) in [4.78, 5) is 31.7. The van der Waals surface area contributed by atoms with Crippen LogP contribution in [-0.4, -0.2) is 23.5 Å². The lowest BCUT2D eigenvalue weighted by Gasteiger charge is -2.14. The van der Waals surface area contributed by atoms with Crippen LogP contribution in [0.2, 0.25) is 5.02 Å². The van der Waals surface area contributed by atoms with Gasteiger partial charge in [0.25, 0.3) is 5.91 Å². The number of nitrogens with two attached hydrogens (primary N) is 1. The van der Waals surface area contributed by atoms with Crippen molar-refractivity contribution in [2.45, 2.75) is 27.7 Å². The number of rotatable bonds is 5. The molecule has 4 aromatic rings. The molecule has 0 saturated heterocycles. The van der Waals surface area contributed by atoms with E-state index >= 15 is 0 Å². The van der Waals surface area contributed by atoms with Crippen molar-refractivity contribution >= 4 is 56.4 Å². The molecular weight excluding hydrogens is 470 g/mol. The number of benzene rings is 2. The predicted octanol–water partition coefficient (Wildman–Crippen LogP) is 6.55. The van der Waals surface area contributed by atoms with Crippen LogP contribution in [0.3, 0.4) is 0 Å². The molecule has 0 unspecified atom stereocenters. The topological polar surface area (TPSA) is 94.3 Å². The minimum Gasteiger partial charge on any atom is -0.462 e. The van der Waals surface area contributed by atoms with Gasteiger partial charge in [0, 0.05) is 21.7 Å². The third kappa shape index (κ3) is 4.36. The molecule has 1 amide bonds. The summed E-state index contributed by atoms with van der Waals surface area (Å²) in [5.41, 5.74) is 11.7. The first kappa shape index (κ1) is 23.7. The van der Waals surface area contributed by atoms with Crippen LogP contribution in [0.15, 0.2) is 42.5 Å². The van der Waals surface area contributed by atoms with Crippen LogP contribution in [0.1, 0.15) is 43.8 Å². The Morgan fingerprint density at radius 3 is 2.50 bits per heavy atom. The Labute approximate surface area is 206 Å². The summed E-state index contributed by atoms with van der Waals surface area (Å²) in [6.45, 7) is 7.61. The number of nitrogens with one attached hydrogen (secondary N) is 1. The summed E-state index contributed by atoms with van der Waals surface area (Å²) in [6.07, 6.45) is 0. The molecule has 174 valence electrons. The maximum Gasteiger partial charge on any atom is 0.340 e. The van der Waals surface area contributed by atoms with Gasteiger partial charge in [-0.3, -0.25) is 4.79 Å². The number of anilines is 2. The molecule has 8 heteroatoms. The molecular formula is C26H24ClN3O3S. The third-order valence-corrected chi connectivity index (χ3v) is 6.87. The van der Waals surface area contributed by atoms with Crippen LogP contribution < -0.4 is 11.1 Å². The molecule has 2 aromatic carbocycles. The van der Waals surface area contributed by atoms with Crippen molar-refractivity contribution in [3.8, 4) is 11.1 Å². The summed E-state index contributed by atoms with van der Waals surface area (Å²) >= 11 is 7.29. The lowest BCUT2D eigenvalue weighted by molar-refractivity contribution is 0.0526. The molecule has 0 bridgehead atoms. The molecule has 3 N–H and O–H groups in total. The minimum absolute atomic E-state index is 0.221. The van der Waals surface area contributed by atoms with E-state index in [1.807, 2.05) is 44.2 Å². The number of nitrogen functional groups attached to an aromatic ring is 1. The van der Waals surface area contributed by atoms with E-state index in [0.29, 0.717) is 36.9 Å². The van der Waals surface area contributed by atoms with E-state index in [1.165, 1.54) is 11.3 Å². The number of hydrogen-bond donors (Lipinski definition) is 2. The molecule has 0 radical (unpaired) electrons. The predicted molar refractivity (Wildman–Crippen MR) is 139 cm³/mol. The second-order valence-corrected chi connectivity index (χ2v) is 9.41. The number of carbonyl (C=O) groups is 2. The Kier molecular flexibility index (Phi) is 6.59. The Balaban J connectivity index is 1.92. The molecule has 0 aliphatic carbocycles. The Hall–Kier alpha value is -3.42. The van der Waals surface area contributed by atoms with Gasteiger partial charge >= 0.3 is 5.97 Å². The van der Waals surface area contributed by atoms with Crippen molar-refractivity contribution < 1.29 is 14.3 Å². The van der Waals surface area contributed by atoms with Gasteiger partial charge in [-0.05, 0) is 62.6 Å². The second kappa shape index (κ2) is 9.44. The molecule has 0 aliphatic rings. The Morgan fingerprint density at radius 2 is 1.82 bits per heavy atom. The highest BCUT2D eigenvalue weighted by Crippen LogP contribution is 2.42. The number of halogens is 1. The highest BCUT2D eigenvalue weighted by atomic mass is 35.5. The first-order valence-corrected chi connectivity index (χ1v) is 11.9. The maximum absolute atomic E-state index is 13.2. The van der Waals surface area contributed by atoms with Gasteiger partial charge in [0.05, 0.1) is 23.6 Å². The Morgan fingerprint density at radius 1 is 1.12 bits per heavy atom. The molecule has 4 rings (SSSR count). The summed E-state index contributed by atoms with van der Waals surface area (Å²) in [5, 5.41) is 4.08. The average Bonchev–Trinajstić information content (AvgIpc) is 3.12. The average molecular weight is 494 g/mol. The number of hydrogen-bond acceptors (Lipinski definition) is 6. The van der Waals surface area contributed by atoms with Gasteiger partial charge in [0.15, 0.2) is 0 Å². The van der Waals surface area contributed by atoms with Crippen LogP contribution >= 0.6 is 22.9 Å². The molecule has 0 atom stereocenters. The fraction of sp³-hybridized carbons (Fsp3) is 0.192. The second-order valence-electron chi connectivity index (χ2n) is 7.97. The molecule has 0 aliphatic heterocycles. The zero-order valence-corrected chi connectivity index (χ0v) is 20.9. The number of thiophene rings is 1. The van der Waals surface area contributed by atoms with Crippen molar-refractivity contribution in [1.82, 2.24) is 4.98 Å². The highest BCUT2D eigenvalue weighted by molar-refractivity contribution is 7.21. The van der Waals surface area contributed by atoms with Crippen molar-refractivity contribution in [2.75, 3.05) is 17.7 Å². The zero-order valence-electron chi connectivity index (χ0n) is 19.3. The first-order chi connectivity index (χ1) is 16.2. The molecule has 2 aromatic heterocycles. The van der Waals surface area contributed by atoms with E-state index in [9.17, 15) is 9.59 Å². The SMILES string of the molecule is CCOC(=O)c1c(C)nc2sc(C(=O)Nc3cc(C)ccc3C)c(N)c2c1-c1ccc(Cl)cc1. The van der Waals surface area contributed by atoms with Gasteiger partial charge in [-0.25, -0.2) is 9.78 Å². The van der Waals surface area contributed by atoms with E-state index < -0.39 is 5.97 Å². The largest absolute Gasteiger partial charge is 0.462 e.